The van der Waals surface area contributed by atoms with Gasteiger partial charge in [-0.1, -0.05) is 18.5 Å². The molecule has 2 aromatic carbocycles. The van der Waals surface area contributed by atoms with Crippen molar-refractivity contribution in [2.75, 3.05) is 4.72 Å². The summed E-state index contributed by atoms with van der Waals surface area (Å²) in [7, 11) is -4.25. The molecule has 0 aliphatic carbocycles. The van der Waals surface area contributed by atoms with E-state index in [1.807, 2.05) is 0 Å². The number of halogens is 2. The first-order chi connectivity index (χ1) is 15.5. The summed E-state index contributed by atoms with van der Waals surface area (Å²) in [6, 6.07) is 4.63. The maximum absolute atomic E-state index is 13.9. The Morgan fingerprint density at radius 2 is 1.82 bits per heavy atom. The van der Waals surface area contributed by atoms with Gasteiger partial charge in [0.15, 0.2) is 0 Å². The molecule has 33 heavy (non-hydrogen) atoms. The molecule has 0 bridgehead atoms. The van der Waals surface area contributed by atoms with E-state index >= 15 is 0 Å². The topological polar surface area (TPSA) is 130 Å². The third-order valence-corrected chi connectivity index (χ3v) is 7.45. The minimum Gasteiger partial charge on any atom is -0.295 e. The second-order valence-electron chi connectivity index (χ2n) is 7.50. The van der Waals surface area contributed by atoms with Crippen LogP contribution in [0.25, 0.3) is 0 Å². The predicted molar refractivity (Wildman–Crippen MR) is 115 cm³/mol. The van der Waals surface area contributed by atoms with Gasteiger partial charge in [-0.2, -0.15) is 0 Å². The molecule has 0 aromatic heterocycles. The molecule has 1 saturated heterocycles. The van der Waals surface area contributed by atoms with Crippen molar-refractivity contribution >= 4 is 50.9 Å². The first-order valence-corrected chi connectivity index (χ1v) is 11.8. The lowest BCUT2D eigenvalue weighted by molar-refractivity contribution is -0.136. The van der Waals surface area contributed by atoms with E-state index in [-0.39, 0.29) is 51.6 Å². The number of imide groups is 2. The summed E-state index contributed by atoms with van der Waals surface area (Å²) in [5.74, 6) is -3.36. The smallest absolute Gasteiger partial charge is 0.263 e. The van der Waals surface area contributed by atoms with Crippen LogP contribution in [-0.2, 0) is 26.0 Å². The number of benzene rings is 2. The van der Waals surface area contributed by atoms with Crippen LogP contribution in [0.2, 0.25) is 5.02 Å². The molecule has 0 saturated carbocycles. The molecule has 9 nitrogen and oxygen atoms in total. The fourth-order valence-corrected chi connectivity index (χ4v) is 5.60. The normalized spacial score (nSPS) is 18.4. The van der Waals surface area contributed by atoms with Crippen LogP contribution < -0.4 is 10.0 Å². The molecular weight excluding hydrogens is 477 g/mol. The number of fused-ring (bicyclic) bond motifs is 1. The molecule has 0 radical (unpaired) electrons. The van der Waals surface area contributed by atoms with E-state index in [0.717, 1.165) is 17.0 Å². The molecule has 0 spiro atoms. The van der Waals surface area contributed by atoms with Crippen LogP contribution in [0.15, 0.2) is 35.2 Å². The Bertz CT molecular complexity index is 1340. The second kappa shape index (κ2) is 8.23. The van der Waals surface area contributed by atoms with E-state index in [9.17, 15) is 32.0 Å². The van der Waals surface area contributed by atoms with Gasteiger partial charge >= 0.3 is 0 Å². The van der Waals surface area contributed by atoms with Crippen molar-refractivity contribution in [2.45, 2.75) is 37.1 Å². The standard InChI is InChI=1S/C21H17ClFN3O6S/c1-2-11-14(23)5-7-16(18(11)22)33(31,32)25-10-3-4-12-13(9-10)21(30)26(20(12)29)15-6-8-17(27)24-19(15)28/h3-5,7,9,15,25H,2,6,8H2,1H3,(H,24,27,28). The van der Waals surface area contributed by atoms with Crippen LogP contribution in [0, 0.1) is 5.82 Å². The largest absolute Gasteiger partial charge is 0.295 e. The first kappa shape index (κ1) is 22.9. The molecule has 1 unspecified atom stereocenters. The van der Waals surface area contributed by atoms with E-state index in [2.05, 4.69) is 10.0 Å². The third kappa shape index (κ3) is 3.87. The Hall–Kier alpha value is -3.31. The van der Waals surface area contributed by atoms with Crippen molar-refractivity contribution in [3.63, 3.8) is 0 Å². The van der Waals surface area contributed by atoms with E-state index in [1.165, 1.54) is 18.2 Å². The van der Waals surface area contributed by atoms with E-state index in [1.54, 1.807) is 6.92 Å². The number of sulfonamides is 1. The highest BCUT2D eigenvalue weighted by Crippen LogP contribution is 2.32. The summed E-state index contributed by atoms with van der Waals surface area (Å²) in [4.78, 5) is 49.6. The van der Waals surface area contributed by atoms with E-state index in [4.69, 9.17) is 11.6 Å². The number of hydrogen-bond donors (Lipinski definition) is 2. The third-order valence-electron chi connectivity index (χ3n) is 5.49. The fourth-order valence-electron chi connectivity index (χ4n) is 3.85. The van der Waals surface area contributed by atoms with Gasteiger partial charge in [-0.3, -0.25) is 34.1 Å². The van der Waals surface area contributed by atoms with Crippen LogP contribution in [0.3, 0.4) is 0 Å². The van der Waals surface area contributed by atoms with Gasteiger partial charge in [-0.25, -0.2) is 12.8 Å². The lowest BCUT2D eigenvalue weighted by atomic mass is 10.0. The number of rotatable bonds is 5. The zero-order valence-electron chi connectivity index (χ0n) is 17.1. The Labute approximate surface area is 192 Å². The number of nitrogens with zero attached hydrogens (tertiary/aromatic N) is 1. The first-order valence-electron chi connectivity index (χ1n) is 9.90. The van der Waals surface area contributed by atoms with Crippen molar-refractivity contribution in [3.05, 3.63) is 57.9 Å². The van der Waals surface area contributed by atoms with Crippen LogP contribution in [0.4, 0.5) is 10.1 Å². The molecule has 2 heterocycles. The maximum Gasteiger partial charge on any atom is 0.263 e. The van der Waals surface area contributed by atoms with Crippen molar-refractivity contribution in [3.8, 4) is 0 Å². The van der Waals surface area contributed by atoms with Crippen LogP contribution >= 0.6 is 11.6 Å². The molecule has 2 aliphatic heterocycles. The SMILES string of the molecule is CCc1c(F)ccc(S(=O)(=O)Nc2ccc3c(c2)C(=O)N(C2CCC(=O)NC2=O)C3=O)c1Cl. The summed E-state index contributed by atoms with van der Waals surface area (Å²) in [6.45, 7) is 1.63. The van der Waals surface area contributed by atoms with Crippen LogP contribution in [0.5, 0.6) is 0 Å². The highest BCUT2D eigenvalue weighted by molar-refractivity contribution is 7.92. The summed E-state index contributed by atoms with van der Waals surface area (Å²) in [5, 5.41) is 1.85. The molecule has 172 valence electrons. The minimum atomic E-state index is -4.25. The molecule has 2 N–H and O–H groups in total. The van der Waals surface area contributed by atoms with Gasteiger partial charge in [0.25, 0.3) is 21.8 Å². The average Bonchev–Trinajstić information content (AvgIpc) is 2.98. The number of hydrogen-bond acceptors (Lipinski definition) is 6. The van der Waals surface area contributed by atoms with Crippen molar-refractivity contribution in [1.29, 1.82) is 0 Å². The van der Waals surface area contributed by atoms with Gasteiger partial charge in [-0.15, -0.1) is 0 Å². The summed E-state index contributed by atoms with van der Waals surface area (Å²) in [5.41, 5.74) is -0.0716. The lowest BCUT2D eigenvalue weighted by Gasteiger charge is -2.27. The lowest BCUT2D eigenvalue weighted by Crippen LogP contribution is -2.54. The van der Waals surface area contributed by atoms with Crippen molar-refractivity contribution in [2.24, 2.45) is 0 Å². The maximum atomic E-state index is 13.9. The highest BCUT2D eigenvalue weighted by atomic mass is 35.5. The fraction of sp³-hybridized carbons (Fsp3) is 0.238. The van der Waals surface area contributed by atoms with Gasteiger partial charge in [-0.05, 0) is 43.2 Å². The Balaban J connectivity index is 1.64. The van der Waals surface area contributed by atoms with Gasteiger partial charge < -0.3 is 0 Å². The summed E-state index contributed by atoms with van der Waals surface area (Å²) in [6.07, 6.45) is 0.158. The quantitative estimate of drug-likeness (QED) is 0.614. The second-order valence-corrected chi connectivity index (χ2v) is 9.53. The average molecular weight is 494 g/mol. The van der Waals surface area contributed by atoms with Gasteiger partial charge in [0, 0.05) is 17.7 Å². The Morgan fingerprint density at radius 3 is 2.48 bits per heavy atom. The molecule has 1 atom stereocenters. The summed E-state index contributed by atoms with van der Waals surface area (Å²) < 4.78 is 41.9. The molecule has 4 amide bonds. The monoisotopic (exact) mass is 493 g/mol. The molecule has 1 fully saturated rings. The van der Waals surface area contributed by atoms with Gasteiger partial charge in [0.1, 0.15) is 16.8 Å². The van der Waals surface area contributed by atoms with Crippen LogP contribution in [-0.4, -0.2) is 43.0 Å². The molecule has 12 heteroatoms. The number of carbonyl (C=O) groups excluding carboxylic acids is 4. The number of carbonyl (C=O) groups is 4. The predicted octanol–water partition coefficient (Wildman–Crippen LogP) is 2.24. The summed E-state index contributed by atoms with van der Waals surface area (Å²) >= 11 is 6.10. The number of anilines is 1. The molecule has 4 rings (SSSR count). The number of nitrogens with one attached hydrogen (secondary N) is 2. The van der Waals surface area contributed by atoms with Gasteiger partial charge in [0.2, 0.25) is 11.8 Å². The molecular formula is C21H17ClFN3O6S. The minimum absolute atomic E-state index is 0.000678. The highest BCUT2D eigenvalue weighted by Gasteiger charge is 2.44. The zero-order chi connectivity index (χ0) is 24.1. The molecule has 2 aliphatic rings. The number of amides is 4. The van der Waals surface area contributed by atoms with E-state index in [0.29, 0.717) is 0 Å². The van der Waals surface area contributed by atoms with Gasteiger partial charge in [0.05, 0.1) is 16.1 Å². The van der Waals surface area contributed by atoms with E-state index < -0.39 is 45.5 Å². The Kier molecular flexibility index (Phi) is 5.71. The Morgan fingerprint density at radius 1 is 1.12 bits per heavy atom. The van der Waals surface area contributed by atoms with Crippen molar-refractivity contribution < 1.29 is 32.0 Å². The molecule has 2 aromatic rings. The van der Waals surface area contributed by atoms with Crippen molar-refractivity contribution in [1.82, 2.24) is 10.2 Å². The van der Waals surface area contributed by atoms with Crippen LogP contribution in [0.1, 0.15) is 46.0 Å². The number of piperidine rings is 1. The zero-order valence-corrected chi connectivity index (χ0v) is 18.7.